The van der Waals surface area contributed by atoms with Crippen molar-refractivity contribution in [3.05, 3.63) is 224 Å². The van der Waals surface area contributed by atoms with Gasteiger partial charge in [-0.15, -0.1) is 0 Å². The van der Waals surface area contributed by atoms with Crippen LogP contribution >= 0.6 is 0 Å². The summed E-state index contributed by atoms with van der Waals surface area (Å²) in [6, 6.07) is 80.0. The number of hydrogen-bond donors (Lipinski definition) is 0. The van der Waals surface area contributed by atoms with Crippen LogP contribution in [0.5, 0.6) is 0 Å². The van der Waals surface area contributed by atoms with E-state index in [0.29, 0.717) is 0 Å². The molecular formula is C54H37NO. The molecule has 0 radical (unpaired) electrons. The Labute approximate surface area is 327 Å². The van der Waals surface area contributed by atoms with Gasteiger partial charge in [-0.3, -0.25) is 0 Å². The average molecular weight is 716 g/mol. The van der Waals surface area contributed by atoms with Crippen LogP contribution in [0.3, 0.4) is 0 Å². The third kappa shape index (κ3) is 6.34. The number of fused-ring (bicyclic) bond motifs is 2. The quantitative estimate of drug-likeness (QED) is 0.156. The van der Waals surface area contributed by atoms with Crippen molar-refractivity contribution in [2.24, 2.45) is 0 Å². The second-order valence-electron chi connectivity index (χ2n) is 14.2. The van der Waals surface area contributed by atoms with E-state index in [4.69, 9.17) is 4.42 Å². The Morgan fingerprint density at radius 1 is 0.286 bits per heavy atom. The molecule has 10 aromatic rings. The third-order valence-electron chi connectivity index (χ3n) is 10.7. The summed E-state index contributed by atoms with van der Waals surface area (Å²) < 4.78 is 6.68. The van der Waals surface area contributed by atoms with E-state index < -0.39 is 0 Å². The fourth-order valence-corrected chi connectivity index (χ4v) is 7.86. The van der Waals surface area contributed by atoms with Crippen molar-refractivity contribution in [1.82, 2.24) is 0 Å². The van der Waals surface area contributed by atoms with Gasteiger partial charge in [-0.2, -0.15) is 0 Å². The van der Waals surface area contributed by atoms with E-state index in [0.717, 1.165) is 56.0 Å². The van der Waals surface area contributed by atoms with Crippen LogP contribution in [0.15, 0.2) is 229 Å². The number of benzene rings is 9. The summed E-state index contributed by atoms with van der Waals surface area (Å²) in [6.07, 6.45) is 0. The van der Waals surface area contributed by atoms with Crippen LogP contribution < -0.4 is 4.90 Å². The zero-order chi connectivity index (χ0) is 37.3. The highest BCUT2D eigenvalue weighted by atomic mass is 16.3. The molecule has 10 rings (SSSR count). The summed E-state index contributed by atoms with van der Waals surface area (Å²) in [5.41, 5.74) is 14.4. The first-order valence-corrected chi connectivity index (χ1v) is 19.1. The van der Waals surface area contributed by atoms with Crippen molar-refractivity contribution < 1.29 is 4.42 Å². The van der Waals surface area contributed by atoms with Gasteiger partial charge in [0, 0.05) is 33.6 Å². The lowest BCUT2D eigenvalue weighted by molar-refractivity contribution is 0.632. The molecule has 0 fully saturated rings. The number of hydrogen-bond acceptors (Lipinski definition) is 2. The van der Waals surface area contributed by atoms with Crippen LogP contribution in [-0.2, 0) is 0 Å². The zero-order valence-electron chi connectivity index (χ0n) is 30.7. The van der Waals surface area contributed by atoms with Crippen LogP contribution in [0.1, 0.15) is 0 Å². The lowest BCUT2D eigenvalue weighted by Gasteiger charge is -2.27. The molecule has 2 heteroatoms. The van der Waals surface area contributed by atoms with E-state index in [2.05, 4.69) is 223 Å². The van der Waals surface area contributed by atoms with Crippen molar-refractivity contribution in [1.29, 1.82) is 0 Å². The standard InChI is InChI=1S/C54H37NO/c1-3-13-38(14-4-1)40-25-27-41(28-26-40)42-31-33-48(34-32-42)55(49-21-11-19-45(36-49)46-30-29-39-15-7-8-18-44(39)35-46)50-22-12-20-47(37-50)54-53(43-16-5-2-6-17-43)51-23-9-10-24-52(51)56-54/h1-37H. The lowest BCUT2D eigenvalue weighted by atomic mass is 9.98. The highest BCUT2D eigenvalue weighted by Gasteiger charge is 2.20. The first kappa shape index (κ1) is 33.2. The van der Waals surface area contributed by atoms with Gasteiger partial charge < -0.3 is 9.32 Å². The summed E-state index contributed by atoms with van der Waals surface area (Å²) >= 11 is 0. The summed E-state index contributed by atoms with van der Waals surface area (Å²) in [4.78, 5) is 2.35. The minimum absolute atomic E-state index is 0.860. The van der Waals surface area contributed by atoms with Gasteiger partial charge in [0.05, 0.1) is 0 Å². The van der Waals surface area contributed by atoms with Gasteiger partial charge in [-0.1, -0.05) is 176 Å². The molecule has 9 aromatic carbocycles. The molecule has 0 spiro atoms. The SMILES string of the molecule is c1ccc(-c2ccc(-c3ccc(N(c4cccc(-c5ccc6ccccc6c5)c4)c4cccc(-c5oc6ccccc6c5-c5ccccc5)c4)cc3)cc2)cc1. The monoisotopic (exact) mass is 715 g/mol. The third-order valence-corrected chi connectivity index (χ3v) is 10.7. The number of rotatable bonds is 8. The molecule has 0 aliphatic carbocycles. The first-order valence-electron chi connectivity index (χ1n) is 19.1. The molecule has 56 heavy (non-hydrogen) atoms. The van der Waals surface area contributed by atoms with E-state index in [9.17, 15) is 0 Å². The second-order valence-corrected chi connectivity index (χ2v) is 14.2. The van der Waals surface area contributed by atoms with Gasteiger partial charge in [-0.05, 0) is 98.2 Å². The second kappa shape index (κ2) is 14.4. The predicted octanol–water partition coefficient (Wildman–Crippen LogP) is 15.4. The van der Waals surface area contributed by atoms with Crippen LogP contribution in [0.2, 0.25) is 0 Å². The van der Waals surface area contributed by atoms with E-state index in [1.165, 1.54) is 38.6 Å². The van der Waals surface area contributed by atoms with Crippen LogP contribution in [0.25, 0.3) is 77.6 Å². The number of anilines is 3. The average Bonchev–Trinajstić information content (AvgIpc) is 3.67. The van der Waals surface area contributed by atoms with E-state index in [1.807, 2.05) is 6.07 Å². The molecule has 264 valence electrons. The molecule has 0 aliphatic heterocycles. The molecule has 0 N–H and O–H groups in total. The van der Waals surface area contributed by atoms with Gasteiger partial charge in [0.15, 0.2) is 0 Å². The maximum absolute atomic E-state index is 6.68. The highest BCUT2D eigenvalue weighted by Crippen LogP contribution is 2.44. The molecule has 0 unspecified atom stereocenters. The van der Waals surface area contributed by atoms with Gasteiger partial charge in [0.2, 0.25) is 0 Å². The molecule has 0 amide bonds. The Balaban J connectivity index is 1.08. The van der Waals surface area contributed by atoms with Crippen molar-refractivity contribution >= 4 is 38.8 Å². The zero-order valence-corrected chi connectivity index (χ0v) is 30.7. The van der Waals surface area contributed by atoms with Crippen molar-refractivity contribution in [2.45, 2.75) is 0 Å². The number of para-hydroxylation sites is 1. The highest BCUT2D eigenvalue weighted by molar-refractivity contribution is 6.02. The van der Waals surface area contributed by atoms with Gasteiger partial charge >= 0.3 is 0 Å². The first-order chi connectivity index (χ1) is 27.7. The summed E-state index contributed by atoms with van der Waals surface area (Å²) in [6.45, 7) is 0. The minimum atomic E-state index is 0.860. The molecule has 0 atom stereocenters. The fourth-order valence-electron chi connectivity index (χ4n) is 7.86. The Bertz CT molecular complexity index is 2940. The molecule has 0 bridgehead atoms. The summed E-state index contributed by atoms with van der Waals surface area (Å²) in [5, 5.41) is 3.57. The largest absolute Gasteiger partial charge is 0.455 e. The summed E-state index contributed by atoms with van der Waals surface area (Å²) in [5.74, 6) is 0.860. The van der Waals surface area contributed by atoms with E-state index in [1.54, 1.807) is 0 Å². The Morgan fingerprint density at radius 3 is 1.46 bits per heavy atom. The van der Waals surface area contributed by atoms with Crippen LogP contribution in [0, 0.1) is 0 Å². The fraction of sp³-hybridized carbons (Fsp3) is 0. The molecular weight excluding hydrogens is 679 g/mol. The van der Waals surface area contributed by atoms with Crippen LogP contribution in [0.4, 0.5) is 17.1 Å². The minimum Gasteiger partial charge on any atom is -0.455 e. The maximum Gasteiger partial charge on any atom is 0.143 e. The van der Waals surface area contributed by atoms with Gasteiger partial charge in [0.25, 0.3) is 0 Å². The molecule has 0 saturated carbocycles. The van der Waals surface area contributed by atoms with E-state index >= 15 is 0 Å². The molecule has 0 saturated heterocycles. The molecule has 1 heterocycles. The van der Waals surface area contributed by atoms with Gasteiger partial charge in [0.1, 0.15) is 11.3 Å². The van der Waals surface area contributed by atoms with Crippen molar-refractivity contribution in [3.8, 4) is 55.8 Å². The number of furan rings is 1. The van der Waals surface area contributed by atoms with Crippen molar-refractivity contribution in [2.75, 3.05) is 4.90 Å². The lowest BCUT2D eigenvalue weighted by Crippen LogP contribution is -2.10. The smallest absolute Gasteiger partial charge is 0.143 e. The summed E-state index contributed by atoms with van der Waals surface area (Å²) in [7, 11) is 0. The van der Waals surface area contributed by atoms with Gasteiger partial charge in [-0.25, -0.2) is 0 Å². The Morgan fingerprint density at radius 2 is 0.768 bits per heavy atom. The topological polar surface area (TPSA) is 16.4 Å². The van der Waals surface area contributed by atoms with E-state index in [-0.39, 0.29) is 0 Å². The maximum atomic E-state index is 6.68. The molecule has 0 aliphatic rings. The van der Waals surface area contributed by atoms with Crippen molar-refractivity contribution in [3.63, 3.8) is 0 Å². The molecule has 2 nitrogen and oxygen atoms in total. The Hall–Kier alpha value is -7.42. The normalized spacial score (nSPS) is 11.2. The number of nitrogens with zero attached hydrogens (tertiary/aromatic N) is 1. The Kier molecular flexibility index (Phi) is 8.55. The predicted molar refractivity (Wildman–Crippen MR) is 236 cm³/mol. The molecule has 1 aromatic heterocycles. The van der Waals surface area contributed by atoms with Crippen LogP contribution in [-0.4, -0.2) is 0 Å².